The molecule has 2 atom stereocenters. The summed E-state index contributed by atoms with van der Waals surface area (Å²) >= 11 is 0. The molecule has 6 rings (SSSR count). The van der Waals surface area contributed by atoms with Gasteiger partial charge in [-0.2, -0.15) is 0 Å². The van der Waals surface area contributed by atoms with Gasteiger partial charge in [0.05, 0.1) is 22.8 Å². The van der Waals surface area contributed by atoms with Crippen molar-refractivity contribution in [2.75, 3.05) is 25.1 Å². The molecule has 0 spiro atoms. The molecule has 0 unspecified atom stereocenters. The number of nitrogens with two attached hydrogens (primary N) is 1. The number of halogens is 2. The molecular weight excluding hydrogens is 468 g/mol. The molecule has 4 heterocycles. The first-order chi connectivity index (χ1) is 17.4. The number of nitrogens with one attached hydrogen (secondary N) is 3. The predicted molar refractivity (Wildman–Crippen MR) is 133 cm³/mol. The van der Waals surface area contributed by atoms with Crippen molar-refractivity contribution in [3.63, 3.8) is 0 Å². The number of rotatable bonds is 4. The van der Waals surface area contributed by atoms with Gasteiger partial charge in [0, 0.05) is 49.6 Å². The molecule has 36 heavy (non-hydrogen) atoms. The van der Waals surface area contributed by atoms with Gasteiger partial charge in [-0.25, -0.2) is 23.5 Å². The molecule has 1 fully saturated rings. The number of nitrogens with zero attached hydrogens (tertiary/aromatic N) is 3. The van der Waals surface area contributed by atoms with E-state index >= 15 is 0 Å². The zero-order chi connectivity index (χ0) is 25.0. The molecule has 3 aromatic heterocycles. The largest absolute Gasteiger partial charge is 0.378 e. The summed E-state index contributed by atoms with van der Waals surface area (Å²) in [5.74, 6) is -0.807. The van der Waals surface area contributed by atoms with Crippen LogP contribution in [-0.2, 0) is 4.74 Å². The van der Waals surface area contributed by atoms with Crippen molar-refractivity contribution >= 4 is 27.9 Å². The van der Waals surface area contributed by atoms with Crippen LogP contribution in [0, 0.1) is 11.6 Å². The lowest BCUT2D eigenvalue weighted by Crippen LogP contribution is -2.51. The number of hydrogen-bond acceptors (Lipinski definition) is 6. The number of fused-ring (bicyclic) bond motifs is 2. The fraction of sp³-hybridized carbons (Fsp3) is 0.240. The summed E-state index contributed by atoms with van der Waals surface area (Å²) in [7, 11) is 1.62. The molecule has 1 aliphatic rings. The molecule has 1 aliphatic heterocycles. The summed E-state index contributed by atoms with van der Waals surface area (Å²) < 4.78 is 33.9. The number of H-pyrrole nitrogens is 3. The molecule has 0 radical (unpaired) electrons. The van der Waals surface area contributed by atoms with E-state index in [1.807, 2.05) is 12.1 Å². The van der Waals surface area contributed by atoms with Gasteiger partial charge in [-0.15, -0.1) is 0 Å². The Morgan fingerprint density at radius 1 is 1.06 bits per heavy atom. The highest BCUT2D eigenvalue weighted by atomic mass is 19.1. The second kappa shape index (κ2) is 8.54. The quantitative estimate of drug-likeness (QED) is 0.305. The van der Waals surface area contributed by atoms with Crippen LogP contribution in [0.2, 0.25) is 0 Å². The monoisotopic (exact) mass is 491 g/mol. The lowest BCUT2D eigenvalue weighted by molar-refractivity contribution is 0.0731. The number of imidazole rings is 2. The van der Waals surface area contributed by atoms with Gasteiger partial charge in [0.1, 0.15) is 23.0 Å². The van der Waals surface area contributed by atoms with Gasteiger partial charge in [0.25, 0.3) is 0 Å². The Labute approximate surface area is 203 Å². The molecule has 2 aromatic carbocycles. The third-order valence-electron chi connectivity index (χ3n) is 6.68. The smallest absolute Gasteiger partial charge is 0.323 e. The third-order valence-corrected chi connectivity index (χ3v) is 6.68. The standard InChI is InChI=1S/C25H23F2N7O2/c1-36-20-11-34(5-4-17(20)28)22-16(13-6-14(26)9-15(27)7-13)10-29-24-21(22)32-23(33-24)12-2-3-18-19(8-12)31-25(35)30-18/h2-3,6-10,17,20H,4-5,11,28H2,1H3,(H,29,32,33)(H2,30,31,35)/t17-,20-/m1/s1. The first-order valence-electron chi connectivity index (χ1n) is 11.5. The van der Waals surface area contributed by atoms with Crippen molar-refractivity contribution in [2.24, 2.45) is 5.73 Å². The first kappa shape index (κ1) is 22.4. The number of anilines is 1. The molecule has 0 aliphatic carbocycles. The molecular formula is C25H23F2N7O2. The van der Waals surface area contributed by atoms with E-state index in [9.17, 15) is 13.6 Å². The van der Waals surface area contributed by atoms with Gasteiger partial charge in [0.2, 0.25) is 0 Å². The molecule has 5 N–H and O–H groups in total. The minimum Gasteiger partial charge on any atom is -0.378 e. The van der Waals surface area contributed by atoms with Crippen molar-refractivity contribution in [1.82, 2.24) is 24.9 Å². The van der Waals surface area contributed by atoms with Gasteiger partial charge in [0.15, 0.2) is 5.65 Å². The average Bonchev–Trinajstić information content (AvgIpc) is 3.45. The lowest BCUT2D eigenvalue weighted by Gasteiger charge is -2.38. The third kappa shape index (κ3) is 3.82. The first-order valence-corrected chi connectivity index (χ1v) is 11.5. The Morgan fingerprint density at radius 2 is 1.83 bits per heavy atom. The highest BCUT2D eigenvalue weighted by Gasteiger charge is 2.30. The number of hydrogen-bond donors (Lipinski definition) is 4. The van der Waals surface area contributed by atoms with E-state index in [4.69, 9.17) is 10.5 Å². The van der Waals surface area contributed by atoms with Crippen LogP contribution in [0.1, 0.15) is 6.42 Å². The fourth-order valence-electron chi connectivity index (χ4n) is 4.90. The number of piperidine rings is 1. The van der Waals surface area contributed by atoms with E-state index < -0.39 is 11.6 Å². The topological polar surface area (TPSA) is 129 Å². The van der Waals surface area contributed by atoms with E-state index in [0.717, 1.165) is 11.6 Å². The molecule has 0 bridgehead atoms. The SMILES string of the molecule is CO[C@@H]1CN(c2c(-c3cc(F)cc(F)c3)cnc3nc(-c4ccc5[nH]c(=O)[nH]c5c4)[nH]c23)CC[C@H]1N. The Morgan fingerprint density at radius 3 is 2.61 bits per heavy atom. The van der Waals surface area contributed by atoms with Crippen molar-refractivity contribution in [3.05, 3.63) is 64.7 Å². The van der Waals surface area contributed by atoms with Crippen molar-refractivity contribution in [1.29, 1.82) is 0 Å². The van der Waals surface area contributed by atoms with Crippen LogP contribution < -0.4 is 16.3 Å². The molecule has 184 valence electrons. The Balaban J connectivity index is 1.54. The van der Waals surface area contributed by atoms with Crippen LogP contribution in [0.5, 0.6) is 0 Å². The lowest BCUT2D eigenvalue weighted by atomic mass is 9.99. The number of methoxy groups -OCH3 is 1. The fourth-order valence-corrected chi connectivity index (χ4v) is 4.90. The van der Waals surface area contributed by atoms with Crippen molar-refractivity contribution < 1.29 is 13.5 Å². The van der Waals surface area contributed by atoms with Crippen LogP contribution in [0.15, 0.2) is 47.4 Å². The summed E-state index contributed by atoms with van der Waals surface area (Å²) in [6, 6.07) is 8.73. The minimum atomic E-state index is -0.675. The van der Waals surface area contributed by atoms with Crippen LogP contribution in [0.25, 0.3) is 44.7 Å². The average molecular weight is 492 g/mol. The summed E-state index contributed by atoms with van der Waals surface area (Å²) in [5, 5.41) is 0. The van der Waals surface area contributed by atoms with Crippen LogP contribution in [-0.4, -0.2) is 57.3 Å². The van der Waals surface area contributed by atoms with Crippen molar-refractivity contribution in [3.8, 4) is 22.5 Å². The predicted octanol–water partition coefficient (Wildman–Crippen LogP) is 3.29. The van der Waals surface area contributed by atoms with Gasteiger partial charge in [-0.1, -0.05) is 0 Å². The van der Waals surface area contributed by atoms with E-state index in [1.165, 1.54) is 12.1 Å². The molecule has 0 amide bonds. The van der Waals surface area contributed by atoms with Crippen LogP contribution in [0.4, 0.5) is 14.5 Å². The zero-order valence-corrected chi connectivity index (χ0v) is 19.3. The number of ether oxygens (including phenoxy) is 1. The zero-order valence-electron chi connectivity index (χ0n) is 19.3. The van der Waals surface area contributed by atoms with E-state index in [0.29, 0.717) is 64.3 Å². The molecule has 1 saturated heterocycles. The molecule has 9 nitrogen and oxygen atoms in total. The summed E-state index contributed by atoms with van der Waals surface area (Å²) in [6.45, 7) is 1.11. The highest BCUT2D eigenvalue weighted by Crippen LogP contribution is 2.38. The summed E-state index contributed by atoms with van der Waals surface area (Å²) in [4.78, 5) is 31.8. The summed E-state index contributed by atoms with van der Waals surface area (Å²) in [6.07, 6.45) is 2.05. The number of pyridine rings is 1. The Kier molecular flexibility index (Phi) is 5.31. The van der Waals surface area contributed by atoms with Crippen LogP contribution >= 0.6 is 0 Å². The van der Waals surface area contributed by atoms with E-state index in [-0.39, 0.29) is 17.8 Å². The van der Waals surface area contributed by atoms with Gasteiger partial charge < -0.3 is 30.3 Å². The van der Waals surface area contributed by atoms with Crippen LogP contribution in [0.3, 0.4) is 0 Å². The number of aromatic amines is 3. The Hall–Kier alpha value is -4.09. The number of aromatic nitrogens is 5. The summed E-state index contributed by atoms with van der Waals surface area (Å²) in [5.41, 5.74) is 10.8. The second-order valence-corrected chi connectivity index (χ2v) is 8.97. The molecule has 0 saturated carbocycles. The minimum absolute atomic E-state index is 0.119. The van der Waals surface area contributed by atoms with Crippen molar-refractivity contribution in [2.45, 2.75) is 18.6 Å². The number of benzene rings is 2. The normalized spacial score (nSPS) is 18.4. The maximum atomic E-state index is 14.2. The second-order valence-electron chi connectivity index (χ2n) is 8.97. The van der Waals surface area contributed by atoms with Gasteiger partial charge >= 0.3 is 5.69 Å². The Bertz CT molecular complexity index is 1640. The molecule has 5 aromatic rings. The van der Waals surface area contributed by atoms with Gasteiger partial charge in [-0.3, -0.25) is 0 Å². The molecule has 11 heteroatoms. The maximum absolute atomic E-state index is 14.2. The maximum Gasteiger partial charge on any atom is 0.323 e. The van der Waals surface area contributed by atoms with E-state index in [2.05, 4.69) is 29.8 Å². The van der Waals surface area contributed by atoms with Gasteiger partial charge in [-0.05, 0) is 42.3 Å². The highest BCUT2D eigenvalue weighted by molar-refractivity contribution is 5.97. The van der Waals surface area contributed by atoms with E-state index in [1.54, 1.807) is 19.4 Å².